The molecule has 14 heavy (non-hydrogen) atoms. The van der Waals surface area contributed by atoms with Gasteiger partial charge in [-0.25, -0.2) is 0 Å². The van der Waals surface area contributed by atoms with E-state index in [1.165, 1.54) is 32.4 Å². The highest BCUT2D eigenvalue weighted by atomic mass is 15.2. The first-order valence-electron chi connectivity index (χ1n) is 5.96. The Morgan fingerprint density at radius 3 is 2.93 bits per heavy atom. The number of hydrogen-bond donors (Lipinski definition) is 2. The molecule has 0 spiro atoms. The first-order valence-corrected chi connectivity index (χ1v) is 5.96. The molecule has 2 fully saturated rings. The Labute approximate surface area is 87.0 Å². The van der Waals surface area contributed by atoms with E-state index in [-0.39, 0.29) is 0 Å². The summed E-state index contributed by atoms with van der Waals surface area (Å²) in [4.78, 5) is 2.62. The van der Waals surface area contributed by atoms with E-state index in [0.717, 1.165) is 19.0 Å². The van der Waals surface area contributed by atoms with E-state index in [2.05, 4.69) is 17.1 Å². The van der Waals surface area contributed by atoms with Crippen LogP contribution in [0.4, 0.5) is 0 Å². The number of rotatable bonds is 2. The van der Waals surface area contributed by atoms with Crippen molar-refractivity contribution in [3.8, 4) is 0 Å². The number of nitrogens with zero attached hydrogens (tertiary/aromatic N) is 1. The zero-order valence-electron chi connectivity index (χ0n) is 9.21. The minimum absolute atomic E-state index is 0.484. The van der Waals surface area contributed by atoms with Crippen molar-refractivity contribution in [2.24, 2.45) is 11.7 Å². The van der Waals surface area contributed by atoms with Crippen molar-refractivity contribution in [2.45, 2.75) is 38.3 Å². The third kappa shape index (κ3) is 2.47. The van der Waals surface area contributed by atoms with Gasteiger partial charge in [0.05, 0.1) is 0 Å². The summed E-state index contributed by atoms with van der Waals surface area (Å²) in [5.74, 6) is 0.866. The van der Waals surface area contributed by atoms with Crippen LogP contribution in [0.1, 0.15) is 26.2 Å². The van der Waals surface area contributed by atoms with Gasteiger partial charge in [-0.2, -0.15) is 0 Å². The lowest BCUT2D eigenvalue weighted by atomic mass is 10.1. The topological polar surface area (TPSA) is 41.3 Å². The molecular weight excluding hydrogens is 174 g/mol. The third-order valence-electron chi connectivity index (χ3n) is 3.71. The van der Waals surface area contributed by atoms with Crippen molar-refractivity contribution in [1.29, 1.82) is 0 Å². The predicted molar refractivity (Wildman–Crippen MR) is 59.2 cm³/mol. The number of nitrogens with two attached hydrogens (primary N) is 1. The van der Waals surface area contributed by atoms with Gasteiger partial charge in [-0.3, -0.25) is 4.90 Å². The van der Waals surface area contributed by atoms with E-state index in [1.54, 1.807) is 0 Å². The van der Waals surface area contributed by atoms with E-state index in [9.17, 15) is 0 Å². The number of hydrogen-bond acceptors (Lipinski definition) is 3. The number of nitrogens with one attached hydrogen (secondary N) is 1. The molecule has 82 valence electrons. The summed E-state index contributed by atoms with van der Waals surface area (Å²) >= 11 is 0. The summed E-state index contributed by atoms with van der Waals surface area (Å²) in [7, 11) is 0. The van der Waals surface area contributed by atoms with Crippen molar-refractivity contribution in [2.75, 3.05) is 26.2 Å². The van der Waals surface area contributed by atoms with Crippen molar-refractivity contribution in [3.05, 3.63) is 0 Å². The smallest absolute Gasteiger partial charge is 0.0193 e. The maximum atomic E-state index is 5.93. The Kier molecular flexibility index (Phi) is 3.42. The highest BCUT2D eigenvalue weighted by molar-refractivity contribution is 4.83. The molecule has 2 aliphatic rings. The highest BCUT2D eigenvalue weighted by Gasteiger charge is 2.26. The maximum absolute atomic E-state index is 5.93. The largest absolute Gasteiger partial charge is 0.328 e. The van der Waals surface area contributed by atoms with Gasteiger partial charge in [-0.15, -0.1) is 0 Å². The second-order valence-corrected chi connectivity index (χ2v) is 4.99. The van der Waals surface area contributed by atoms with Gasteiger partial charge in [0.25, 0.3) is 0 Å². The zero-order chi connectivity index (χ0) is 9.97. The van der Waals surface area contributed by atoms with Gasteiger partial charge < -0.3 is 11.1 Å². The van der Waals surface area contributed by atoms with Gasteiger partial charge in [-0.05, 0) is 32.1 Å². The molecule has 3 N–H and O–H groups in total. The van der Waals surface area contributed by atoms with Crippen LogP contribution >= 0.6 is 0 Å². The molecule has 2 rings (SSSR count). The molecule has 3 atom stereocenters. The normalized spacial score (nSPS) is 40.3. The monoisotopic (exact) mass is 197 g/mol. The minimum atomic E-state index is 0.484. The molecule has 0 aromatic carbocycles. The Bertz CT molecular complexity index is 183. The molecule has 0 bridgehead atoms. The van der Waals surface area contributed by atoms with Crippen LogP contribution in [0.25, 0.3) is 0 Å². The SMILES string of the molecule is CC1CNCCN1C[C@@H]1CC[C@H](N)C1. The molecular formula is C11H23N3. The quantitative estimate of drug-likeness (QED) is 0.673. The average Bonchev–Trinajstić information content (AvgIpc) is 2.56. The zero-order valence-corrected chi connectivity index (χ0v) is 9.21. The first-order chi connectivity index (χ1) is 6.75. The van der Waals surface area contributed by atoms with E-state index in [4.69, 9.17) is 5.73 Å². The summed E-state index contributed by atoms with van der Waals surface area (Å²) in [6, 6.07) is 1.19. The molecule has 0 aromatic heterocycles. The second-order valence-electron chi connectivity index (χ2n) is 4.99. The van der Waals surface area contributed by atoms with E-state index in [1.807, 2.05) is 0 Å². The minimum Gasteiger partial charge on any atom is -0.328 e. The summed E-state index contributed by atoms with van der Waals surface area (Å²) in [6.45, 7) is 7.12. The Hall–Kier alpha value is -0.120. The lowest BCUT2D eigenvalue weighted by molar-refractivity contribution is 0.148. The highest BCUT2D eigenvalue weighted by Crippen LogP contribution is 2.25. The fourth-order valence-corrected chi connectivity index (χ4v) is 2.77. The van der Waals surface area contributed by atoms with Gasteiger partial charge in [-0.1, -0.05) is 0 Å². The van der Waals surface area contributed by atoms with Crippen LogP contribution in [0.3, 0.4) is 0 Å². The van der Waals surface area contributed by atoms with Crippen LogP contribution in [0.15, 0.2) is 0 Å². The van der Waals surface area contributed by atoms with Gasteiger partial charge in [0.15, 0.2) is 0 Å². The molecule has 1 unspecified atom stereocenters. The van der Waals surface area contributed by atoms with Gasteiger partial charge in [0.2, 0.25) is 0 Å². The average molecular weight is 197 g/mol. The van der Waals surface area contributed by atoms with E-state index >= 15 is 0 Å². The van der Waals surface area contributed by atoms with Crippen molar-refractivity contribution < 1.29 is 0 Å². The molecule has 1 aliphatic carbocycles. The molecule has 1 aliphatic heterocycles. The third-order valence-corrected chi connectivity index (χ3v) is 3.71. The van der Waals surface area contributed by atoms with E-state index < -0.39 is 0 Å². The van der Waals surface area contributed by atoms with Crippen molar-refractivity contribution in [1.82, 2.24) is 10.2 Å². The molecule has 1 saturated heterocycles. The lowest BCUT2D eigenvalue weighted by Gasteiger charge is -2.35. The Morgan fingerprint density at radius 2 is 2.29 bits per heavy atom. The summed E-state index contributed by atoms with van der Waals surface area (Å²) in [5, 5.41) is 3.43. The molecule has 3 nitrogen and oxygen atoms in total. The number of piperazine rings is 1. The molecule has 3 heteroatoms. The van der Waals surface area contributed by atoms with Crippen molar-refractivity contribution in [3.63, 3.8) is 0 Å². The fourth-order valence-electron chi connectivity index (χ4n) is 2.77. The van der Waals surface area contributed by atoms with Crippen LogP contribution in [0, 0.1) is 5.92 Å². The Morgan fingerprint density at radius 1 is 1.43 bits per heavy atom. The van der Waals surface area contributed by atoms with Crippen LogP contribution in [-0.2, 0) is 0 Å². The van der Waals surface area contributed by atoms with Gasteiger partial charge >= 0.3 is 0 Å². The van der Waals surface area contributed by atoms with Crippen LogP contribution in [0.5, 0.6) is 0 Å². The molecule has 0 amide bonds. The fraction of sp³-hybridized carbons (Fsp3) is 1.00. The second kappa shape index (κ2) is 4.60. The Balaban J connectivity index is 1.78. The lowest BCUT2D eigenvalue weighted by Crippen LogP contribution is -2.51. The molecule has 0 radical (unpaired) electrons. The van der Waals surface area contributed by atoms with Crippen LogP contribution in [0.2, 0.25) is 0 Å². The molecule has 1 heterocycles. The van der Waals surface area contributed by atoms with Crippen LogP contribution < -0.4 is 11.1 Å². The van der Waals surface area contributed by atoms with Crippen LogP contribution in [-0.4, -0.2) is 43.2 Å². The summed E-state index contributed by atoms with van der Waals surface area (Å²) in [6.07, 6.45) is 3.83. The maximum Gasteiger partial charge on any atom is 0.0193 e. The van der Waals surface area contributed by atoms with E-state index in [0.29, 0.717) is 12.1 Å². The van der Waals surface area contributed by atoms with Gasteiger partial charge in [0, 0.05) is 38.3 Å². The summed E-state index contributed by atoms with van der Waals surface area (Å²) in [5.41, 5.74) is 5.93. The van der Waals surface area contributed by atoms with Gasteiger partial charge in [0.1, 0.15) is 0 Å². The summed E-state index contributed by atoms with van der Waals surface area (Å²) < 4.78 is 0. The molecule has 0 aromatic rings. The predicted octanol–water partition coefficient (Wildman–Crippen LogP) is 0.408. The first kappa shape index (κ1) is 10.4. The molecule has 1 saturated carbocycles. The van der Waals surface area contributed by atoms with Crippen molar-refractivity contribution >= 4 is 0 Å². The standard InChI is InChI=1S/C11H23N3/c1-9-7-13-4-5-14(9)8-10-2-3-11(12)6-10/h9-11,13H,2-8,12H2,1H3/t9?,10-,11+/m1/s1.